The summed E-state index contributed by atoms with van der Waals surface area (Å²) in [6.45, 7) is 3.77. The number of halogens is 3. The van der Waals surface area contributed by atoms with Gasteiger partial charge in [0.05, 0.1) is 6.04 Å². The number of allylic oxidation sites excluding steroid dienone is 1. The van der Waals surface area contributed by atoms with Crippen LogP contribution in [0.25, 0.3) is 0 Å². The molecule has 0 radical (unpaired) electrons. The minimum Gasteiger partial charge on any atom is -0.349 e. The minimum atomic E-state index is -4.49. The molecule has 1 saturated heterocycles. The van der Waals surface area contributed by atoms with E-state index in [2.05, 4.69) is 11.9 Å². The molecule has 146 valence electrons. The van der Waals surface area contributed by atoms with Crippen LogP contribution >= 0.6 is 0 Å². The highest BCUT2D eigenvalue weighted by atomic mass is 19.4. The largest absolute Gasteiger partial charge is 0.408 e. The van der Waals surface area contributed by atoms with Crippen molar-refractivity contribution in [3.05, 3.63) is 47.5 Å². The molecule has 0 spiro atoms. The Kier molecular flexibility index (Phi) is 5.58. The number of carbonyl (C=O) groups excluding carboxylic acids is 2. The second kappa shape index (κ2) is 7.74. The highest BCUT2D eigenvalue weighted by molar-refractivity contribution is 6.01. The molecule has 0 bridgehead atoms. The summed E-state index contributed by atoms with van der Waals surface area (Å²) in [6.07, 6.45) is 0.281. The van der Waals surface area contributed by atoms with Crippen LogP contribution in [0, 0.1) is 5.92 Å². The molecular formula is C20H23F3N2O2. The number of amides is 2. The van der Waals surface area contributed by atoms with Gasteiger partial charge in [-0.05, 0) is 55.2 Å². The lowest BCUT2D eigenvalue weighted by Crippen LogP contribution is -2.54. The molecule has 2 aliphatic rings. The molecule has 27 heavy (non-hydrogen) atoms. The molecule has 7 heteroatoms. The van der Waals surface area contributed by atoms with Gasteiger partial charge in [-0.3, -0.25) is 9.59 Å². The maximum Gasteiger partial charge on any atom is 0.408 e. The second-order valence-corrected chi connectivity index (χ2v) is 7.16. The molecule has 3 rings (SSSR count). The van der Waals surface area contributed by atoms with Gasteiger partial charge in [0.1, 0.15) is 12.0 Å². The van der Waals surface area contributed by atoms with E-state index >= 15 is 0 Å². The second-order valence-electron chi connectivity index (χ2n) is 7.16. The van der Waals surface area contributed by atoms with Crippen LogP contribution in [0.1, 0.15) is 48.4 Å². The third kappa shape index (κ3) is 4.17. The van der Waals surface area contributed by atoms with Crippen LogP contribution in [0.2, 0.25) is 0 Å². The van der Waals surface area contributed by atoms with Gasteiger partial charge in [0.25, 0.3) is 0 Å². The predicted molar refractivity (Wildman–Crippen MR) is 94.9 cm³/mol. The normalized spacial score (nSPS) is 25.3. The van der Waals surface area contributed by atoms with Gasteiger partial charge in [0, 0.05) is 0 Å². The van der Waals surface area contributed by atoms with E-state index in [-0.39, 0.29) is 18.9 Å². The van der Waals surface area contributed by atoms with Gasteiger partial charge in [-0.1, -0.05) is 24.3 Å². The van der Waals surface area contributed by atoms with Crippen LogP contribution in [-0.2, 0) is 22.4 Å². The van der Waals surface area contributed by atoms with Gasteiger partial charge in [-0.2, -0.15) is 13.2 Å². The van der Waals surface area contributed by atoms with Crippen LogP contribution in [0.5, 0.6) is 0 Å². The van der Waals surface area contributed by atoms with Crippen LogP contribution in [-0.4, -0.2) is 24.0 Å². The van der Waals surface area contributed by atoms with Gasteiger partial charge in [0.15, 0.2) is 0 Å². The Bertz CT molecular complexity index is 745. The summed E-state index contributed by atoms with van der Waals surface area (Å²) in [5.41, 5.74) is 3.39. The van der Waals surface area contributed by atoms with E-state index in [4.69, 9.17) is 0 Å². The van der Waals surface area contributed by atoms with Crippen molar-refractivity contribution in [2.75, 3.05) is 0 Å². The average molecular weight is 380 g/mol. The number of rotatable bonds is 4. The number of benzene rings is 1. The third-order valence-electron chi connectivity index (χ3n) is 5.37. The summed E-state index contributed by atoms with van der Waals surface area (Å²) < 4.78 is 38.3. The summed E-state index contributed by atoms with van der Waals surface area (Å²) in [7, 11) is 0. The molecule has 1 aliphatic heterocycles. The van der Waals surface area contributed by atoms with Crippen LogP contribution < -0.4 is 10.6 Å². The number of fused-ring (bicyclic) bond motifs is 1. The Balaban J connectivity index is 1.70. The molecule has 3 unspecified atom stereocenters. The van der Waals surface area contributed by atoms with Gasteiger partial charge < -0.3 is 10.6 Å². The van der Waals surface area contributed by atoms with E-state index in [9.17, 15) is 22.8 Å². The standard InChI is InChI=1S/C20H23F3N2O2/c1-2-5-12-6-3-8-14-13(12)7-4-9-16(14)24-18(26)15-10-11-17(20(21,22)23)25-19(15)27/h2-3,6,8,15-17H,1,4-5,7,9-11H2,(H,24,26)(H,25,27). The van der Waals surface area contributed by atoms with E-state index in [0.29, 0.717) is 0 Å². The first kappa shape index (κ1) is 19.5. The van der Waals surface area contributed by atoms with E-state index in [1.807, 2.05) is 29.6 Å². The number of piperidine rings is 1. The van der Waals surface area contributed by atoms with E-state index in [1.54, 1.807) is 0 Å². The number of nitrogens with one attached hydrogen (secondary N) is 2. The first-order valence-corrected chi connectivity index (χ1v) is 9.20. The lowest BCUT2D eigenvalue weighted by Gasteiger charge is -2.32. The molecule has 1 aromatic rings. The van der Waals surface area contributed by atoms with Crippen molar-refractivity contribution >= 4 is 11.8 Å². The summed E-state index contributed by atoms with van der Waals surface area (Å²) >= 11 is 0. The zero-order valence-corrected chi connectivity index (χ0v) is 14.9. The van der Waals surface area contributed by atoms with Crippen molar-refractivity contribution in [3.63, 3.8) is 0 Å². The van der Waals surface area contributed by atoms with Gasteiger partial charge in [-0.15, -0.1) is 6.58 Å². The van der Waals surface area contributed by atoms with Crippen molar-refractivity contribution in [2.45, 2.75) is 56.8 Å². The Morgan fingerprint density at radius 3 is 2.74 bits per heavy atom. The number of carbonyl (C=O) groups is 2. The molecule has 4 nitrogen and oxygen atoms in total. The van der Waals surface area contributed by atoms with Gasteiger partial charge in [0.2, 0.25) is 11.8 Å². The Morgan fingerprint density at radius 2 is 2.07 bits per heavy atom. The molecule has 1 aliphatic carbocycles. The highest BCUT2D eigenvalue weighted by Gasteiger charge is 2.46. The molecule has 2 N–H and O–H groups in total. The van der Waals surface area contributed by atoms with Crippen molar-refractivity contribution in [1.82, 2.24) is 10.6 Å². The van der Waals surface area contributed by atoms with Crippen molar-refractivity contribution < 1.29 is 22.8 Å². The monoisotopic (exact) mass is 380 g/mol. The summed E-state index contributed by atoms with van der Waals surface area (Å²) in [6, 6.07) is 3.84. The number of hydrogen-bond acceptors (Lipinski definition) is 2. The number of alkyl halides is 3. The highest BCUT2D eigenvalue weighted by Crippen LogP contribution is 2.33. The fraction of sp³-hybridized carbons (Fsp3) is 0.500. The van der Waals surface area contributed by atoms with Crippen LogP contribution in [0.15, 0.2) is 30.9 Å². The SMILES string of the molecule is C=CCc1cccc2c1CCCC2NC(=O)C1CCC(C(F)(F)F)NC1=O. The van der Waals surface area contributed by atoms with Crippen molar-refractivity contribution in [3.8, 4) is 0 Å². The van der Waals surface area contributed by atoms with Crippen LogP contribution in [0.4, 0.5) is 13.2 Å². The molecule has 1 aromatic carbocycles. The van der Waals surface area contributed by atoms with Gasteiger partial charge >= 0.3 is 6.18 Å². The first-order chi connectivity index (χ1) is 12.8. The smallest absolute Gasteiger partial charge is 0.349 e. The Hall–Kier alpha value is -2.31. The zero-order valence-electron chi connectivity index (χ0n) is 14.9. The van der Waals surface area contributed by atoms with Crippen molar-refractivity contribution in [1.29, 1.82) is 0 Å². The molecule has 0 saturated carbocycles. The van der Waals surface area contributed by atoms with E-state index in [1.165, 1.54) is 11.1 Å². The topological polar surface area (TPSA) is 58.2 Å². The fourth-order valence-electron chi connectivity index (χ4n) is 4.00. The first-order valence-electron chi connectivity index (χ1n) is 9.20. The van der Waals surface area contributed by atoms with E-state index in [0.717, 1.165) is 31.2 Å². The lowest BCUT2D eigenvalue weighted by molar-refractivity contribution is -0.171. The molecule has 0 aromatic heterocycles. The molecule has 1 heterocycles. The predicted octanol–water partition coefficient (Wildman–Crippen LogP) is 3.37. The van der Waals surface area contributed by atoms with Crippen LogP contribution in [0.3, 0.4) is 0 Å². The molecular weight excluding hydrogens is 357 g/mol. The average Bonchev–Trinajstić information content (AvgIpc) is 2.61. The maximum atomic E-state index is 12.8. The summed E-state index contributed by atoms with van der Waals surface area (Å²) in [5.74, 6) is -2.43. The maximum absolute atomic E-state index is 12.8. The van der Waals surface area contributed by atoms with Crippen molar-refractivity contribution in [2.24, 2.45) is 5.92 Å². The zero-order chi connectivity index (χ0) is 19.6. The molecule has 1 fully saturated rings. The summed E-state index contributed by atoms with van der Waals surface area (Å²) in [5, 5.41) is 4.82. The Labute approximate surface area is 156 Å². The Morgan fingerprint density at radius 1 is 1.30 bits per heavy atom. The summed E-state index contributed by atoms with van der Waals surface area (Å²) in [4.78, 5) is 24.6. The van der Waals surface area contributed by atoms with E-state index < -0.39 is 30.0 Å². The number of hydrogen-bond donors (Lipinski definition) is 2. The molecule has 3 atom stereocenters. The third-order valence-corrected chi connectivity index (χ3v) is 5.37. The fourth-order valence-corrected chi connectivity index (χ4v) is 4.00. The van der Waals surface area contributed by atoms with Gasteiger partial charge in [-0.25, -0.2) is 0 Å². The molecule has 2 amide bonds. The quantitative estimate of drug-likeness (QED) is 0.622. The minimum absolute atomic E-state index is 0.0993. The lowest BCUT2D eigenvalue weighted by atomic mass is 9.83.